The van der Waals surface area contributed by atoms with E-state index >= 15 is 0 Å². The normalized spacial score (nSPS) is 11.6. The number of nitrogens with zero attached hydrogens (tertiary/aromatic N) is 2. The fourth-order valence-electron chi connectivity index (χ4n) is 3.30. The first-order valence-electron chi connectivity index (χ1n) is 10.8. The van der Waals surface area contributed by atoms with Crippen molar-refractivity contribution in [2.75, 3.05) is 18.5 Å². The Labute approximate surface area is 188 Å². The predicted molar refractivity (Wildman–Crippen MR) is 125 cm³/mol. The molecule has 2 aromatic carbocycles. The smallest absolute Gasteiger partial charge is 0.328 e. The zero-order valence-corrected chi connectivity index (χ0v) is 18.7. The summed E-state index contributed by atoms with van der Waals surface area (Å²) in [5, 5.41) is 3.09. The van der Waals surface area contributed by atoms with Gasteiger partial charge in [-0.2, -0.15) is 0 Å². The van der Waals surface area contributed by atoms with Gasteiger partial charge >= 0.3 is 5.97 Å². The van der Waals surface area contributed by atoms with Gasteiger partial charge in [-0.05, 0) is 38.1 Å². The second kappa shape index (κ2) is 11.1. The molecule has 1 heterocycles. The molecule has 0 aliphatic rings. The second-order valence-corrected chi connectivity index (χ2v) is 7.26. The van der Waals surface area contributed by atoms with Gasteiger partial charge in [0.25, 0.3) is 5.56 Å². The molecule has 0 aliphatic carbocycles. The van der Waals surface area contributed by atoms with Crippen LogP contribution in [-0.4, -0.2) is 34.8 Å². The lowest BCUT2D eigenvalue weighted by Gasteiger charge is -2.15. The molecule has 1 atom stereocenters. The zero-order valence-electron chi connectivity index (χ0n) is 18.7. The van der Waals surface area contributed by atoms with E-state index in [4.69, 9.17) is 9.47 Å². The number of anilines is 1. The van der Waals surface area contributed by atoms with Gasteiger partial charge in [-0.1, -0.05) is 37.3 Å². The summed E-state index contributed by atoms with van der Waals surface area (Å²) in [7, 11) is 0. The van der Waals surface area contributed by atoms with Gasteiger partial charge < -0.3 is 14.8 Å². The third-order valence-electron chi connectivity index (χ3n) is 4.93. The van der Waals surface area contributed by atoms with Gasteiger partial charge in [0.05, 0.1) is 18.8 Å². The Morgan fingerprint density at radius 3 is 2.47 bits per heavy atom. The Morgan fingerprint density at radius 2 is 1.81 bits per heavy atom. The number of carbonyl (C=O) groups is 1. The van der Waals surface area contributed by atoms with E-state index < -0.39 is 6.04 Å². The summed E-state index contributed by atoms with van der Waals surface area (Å²) >= 11 is 0. The Hall–Kier alpha value is -3.61. The highest BCUT2D eigenvalue weighted by molar-refractivity contribution is 5.78. The van der Waals surface area contributed by atoms with Crippen molar-refractivity contribution >= 4 is 11.7 Å². The molecule has 3 aromatic rings. The molecule has 3 rings (SSSR count). The third kappa shape index (κ3) is 5.97. The molecule has 0 radical (unpaired) electrons. The minimum atomic E-state index is -0.438. The highest BCUT2D eigenvalue weighted by atomic mass is 16.5. The summed E-state index contributed by atoms with van der Waals surface area (Å²) in [4.78, 5) is 29.1. The topological polar surface area (TPSA) is 82.4 Å². The van der Waals surface area contributed by atoms with Crippen LogP contribution in [0.2, 0.25) is 0 Å². The maximum absolute atomic E-state index is 12.7. The lowest BCUT2D eigenvalue weighted by atomic mass is 10.1. The summed E-state index contributed by atoms with van der Waals surface area (Å²) in [5.74, 6) is 1.11. The van der Waals surface area contributed by atoms with Crippen LogP contribution in [0.1, 0.15) is 26.6 Å². The molecular formula is C25H29N3O4. The standard InChI is InChI=1S/C25H29N3O4/c1-4-23-27-22(19-9-7-6-8-10-19)17-24(29)28(23)15-16-32-21-13-11-20(12-14-21)26-18(3)25(30)31-5-2/h6-14,17-18,26H,4-5,15-16H2,1-3H3/t18-/m0/s1. The predicted octanol–water partition coefficient (Wildman–Crippen LogP) is 3.92. The minimum Gasteiger partial charge on any atom is -0.492 e. The third-order valence-corrected chi connectivity index (χ3v) is 4.93. The van der Waals surface area contributed by atoms with Crippen molar-refractivity contribution in [1.82, 2.24) is 9.55 Å². The van der Waals surface area contributed by atoms with Crippen LogP contribution in [0.15, 0.2) is 65.5 Å². The van der Waals surface area contributed by atoms with E-state index in [1.165, 1.54) is 0 Å². The fraction of sp³-hybridized carbons (Fsp3) is 0.320. The van der Waals surface area contributed by atoms with Gasteiger partial charge in [-0.25, -0.2) is 9.78 Å². The average Bonchev–Trinajstić information content (AvgIpc) is 2.81. The molecule has 32 heavy (non-hydrogen) atoms. The molecular weight excluding hydrogens is 406 g/mol. The summed E-state index contributed by atoms with van der Waals surface area (Å²) < 4.78 is 12.5. The van der Waals surface area contributed by atoms with Crippen LogP contribution in [0.5, 0.6) is 5.75 Å². The number of nitrogens with one attached hydrogen (secondary N) is 1. The number of ether oxygens (including phenoxy) is 2. The molecule has 1 N–H and O–H groups in total. The fourth-order valence-corrected chi connectivity index (χ4v) is 3.30. The number of benzene rings is 2. The van der Waals surface area contributed by atoms with Crippen molar-refractivity contribution in [3.8, 4) is 17.0 Å². The SMILES string of the molecule is CCOC(=O)[C@H](C)Nc1ccc(OCCn2c(CC)nc(-c3ccccc3)cc2=O)cc1. The molecule has 7 heteroatoms. The molecule has 0 bridgehead atoms. The summed E-state index contributed by atoms with van der Waals surface area (Å²) in [6, 6.07) is 18.1. The molecule has 0 fully saturated rings. The van der Waals surface area contributed by atoms with Crippen LogP contribution >= 0.6 is 0 Å². The molecule has 1 aromatic heterocycles. The molecule has 0 saturated carbocycles. The van der Waals surface area contributed by atoms with Crippen LogP contribution in [0.25, 0.3) is 11.3 Å². The lowest BCUT2D eigenvalue weighted by Crippen LogP contribution is -2.28. The number of esters is 1. The number of aromatic nitrogens is 2. The van der Waals surface area contributed by atoms with Crippen molar-refractivity contribution in [3.63, 3.8) is 0 Å². The van der Waals surface area contributed by atoms with Gasteiger partial charge in [0.2, 0.25) is 0 Å². The summed E-state index contributed by atoms with van der Waals surface area (Å²) in [6.07, 6.45) is 0.648. The number of aryl methyl sites for hydroxylation is 1. The molecule has 0 unspecified atom stereocenters. The van der Waals surface area contributed by atoms with Gasteiger partial charge in [0.1, 0.15) is 24.2 Å². The maximum Gasteiger partial charge on any atom is 0.328 e. The summed E-state index contributed by atoms with van der Waals surface area (Å²) in [6.45, 7) is 6.61. The molecule has 7 nitrogen and oxygen atoms in total. The van der Waals surface area contributed by atoms with Crippen molar-refractivity contribution in [3.05, 3.63) is 76.8 Å². The molecule has 0 amide bonds. The molecule has 168 valence electrons. The van der Waals surface area contributed by atoms with Gasteiger partial charge in [0, 0.05) is 23.7 Å². The van der Waals surface area contributed by atoms with E-state index in [9.17, 15) is 9.59 Å². The Bertz CT molecular complexity index is 1080. The van der Waals surface area contributed by atoms with Crippen LogP contribution in [-0.2, 0) is 22.5 Å². The number of hydrogen-bond acceptors (Lipinski definition) is 6. The minimum absolute atomic E-state index is 0.0909. The Balaban J connectivity index is 1.60. The monoisotopic (exact) mass is 435 g/mol. The van der Waals surface area contributed by atoms with Gasteiger partial charge in [-0.3, -0.25) is 9.36 Å². The Morgan fingerprint density at radius 1 is 1.09 bits per heavy atom. The lowest BCUT2D eigenvalue weighted by molar-refractivity contribution is -0.143. The highest BCUT2D eigenvalue weighted by Gasteiger charge is 2.13. The average molecular weight is 436 g/mol. The highest BCUT2D eigenvalue weighted by Crippen LogP contribution is 2.18. The van der Waals surface area contributed by atoms with Crippen molar-refractivity contribution in [2.45, 2.75) is 39.8 Å². The largest absolute Gasteiger partial charge is 0.492 e. The number of hydrogen-bond donors (Lipinski definition) is 1. The van der Waals surface area contributed by atoms with E-state index in [0.29, 0.717) is 37.6 Å². The number of rotatable bonds is 10. The van der Waals surface area contributed by atoms with Crippen LogP contribution in [0.4, 0.5) is 5.69 Å². The molecule has 0 spiro atoms. The van der Waals surface area contributed by atoms with E-state index in [2.05, 4.69) is 10.3 Å². The van der Waals surface area contributed by atoms with Crippen molar-refractivity contribution < 1.29 is 14.3 Å². The van der Waals surface area contributed by atoms with Crippen molar-refractivity contribution in [2.24, 2.45) is 0 Å². The van der Waals surface area contributed by atoms with E-state index in [1.807, 2.05) is 61.5 Å². The van der Waals surface area contributed by atoms with E-state index in [1.54, 1.807) is 24.5 Å². The quantitative estimate of drug-likeness (QED) is 0.486. The number of carbonyl (C=O) groups excluding carboxylic acids is 1. The van der Waals surface area contributed by atoms with Crippen molar-refractivity contribution in [1.29, 1.82) is 0 Å². The molecule has 0 aliphatic heterocycles. The van der Waals surface area contributed by atoms with Crippen LogP contribution < -0.4 is 15.6 Å². The summed E-state index contributed by atoms with van der Waals surface area (Å²) in [5.41, 5.74) is 2.31. The second-order valence-electron chi connectivity index (χ2n) is 7.26. The maximum atomic E-state index is 12.7. The Kier molecular flexibility index (Phi) is 8.02. The first-order chi connectivity index (χ1) is 15.5. The zero-order chi connectivity index (χ0) is 22.9. The van der Waals surface area contributed by atoms with E-state index in [0.717, 1.165) is 17.1 Å². The van der Waals surface area contributed by atoms with Crippen LogP contribution in [0.3, 0.4) is 0 Å². The van der Waals surface area contributed by atoms with Crippen LogP contribution in [0, 0.1) is 0 Å². The van der Waals surface area contributed by atoms with Gasteiger partial charge in [0.15, 0.2) is 0 Å². The van der Waals surface area contributed by atoms with E-state index in [-0.39, 0.29) is 11.5 Å². The first-order valence-corrected chi connectivity index (χ1v) is 10.8. The molecule has 0 saturated heterocycles. The first kappa shape index (κ1) is 23.1. The van der Waals surface area contributed by atoms with Gasteiger partial charge in [-0.15, -0.1) is 0 Å².